The van der Waals surface area contributed by atoms with Crippen molar-refractivity contribution in [3.8, 4) is 0 Å². The summed E-state index contributed by atoms with van der Waals surface area (Å²) >= 11 is 3.38. The van der Waals surface area contributed by atoms with Crippen molar-refractivity contribution in [2.24, 2.45) is 0 Å². The van der Waals surface area contributed by atoms with Crippen molar-refractivity contribution in [2.45, 2.75) is 30.7 Å². The molecule has 0 amide bonds. The lowest BCUT2D eigenvalue weighted by molar-refractivity contribution is -0.293. The van der Waals surface area contributed by atoms with Gasteiger partial charge in [0.1, 0.15) is 18.3 Å². The highest BCUT2D eigenvalue weighted by molar-refractivity contribution is 9.09. The lowest BCUT2D eigenvalue weighted by atomic mass is 9.99. The van der Waals surface area contributed by atoms with Crippen LogP contribution >= 0.6 is 15.9 Å². The molecular formula is C16H21BrO6. The molecule has 0 bridgehead atoms. The summed E-state index contributed by atoms with van der Waals surface area (Å²) in [7, 11) is 4.62. The fourth-order valence-corrected chi connectivity index (χ4v) is 3.14. The number of carbonyl (C=O) groups is 1. The second kappa shape index (κ2) is 8.75. The van der Waals surface area contributed by atoms with Crippen LogP contribution < -0.4 is 0 Å². The maximum absolute atomic E-state index is 12.4. The molecule has 1 aliphatic heterocycles. The molecule has 23 heavy (non-hydrogen) atoms. The standard InChI is InChI=1S/C16H21BrO6/c1-19-13-12(23-15(18)10-7-5-4-6-8-10)11(9-17)22-16(21-3)14(13)20-2/h4-8,11-14,16H,9H2,1-3H3/t11-,12-,13-,14+,16+/m1/s1. The van der Waals surface area contributed by atoms with E-state index in [-0.39, 0.29) is 0 Å². The van der Waals surface area contributed by atoms with Gasteiger partial charge < -0.3 is 23.7 Å². The van der Waals surface area contributed by atoms with Crippen molar-refractivity contribution in [1.82, 2.24) is 0 Å². The minimum Gasteiger partial charge on any atom is -0.453 e. The van der Waals surface area contributed by atoms with Crippen LogP contribution in [0, 0.1) is 0 Å². The van der Waals surface area contributed by atoms with Gasteiger partial charge in [-0.05, 0) is 12.1 Å². The highest BCUT2D eigenvalue weighted by atomic mass is 79.9. The highest BCUT2D eigenvalue weighted by Gasteiger charge is 2.48. The Morgan fingerprint density at radius 1 is 1.04 bits per heavy atom. The Balaban J connectivity index is 2.20. The second-order valence-electron chi connectivity index (χ2n) is 5.07. The zero-order valence-electron chi connectivity index (χ0n) is 13.3. The molecule has 0 saturated carbocycles. The van der Waals surface area contributed by atoms with E-state index in [0.717, 1.165) is 0 Å². The van der Waals surface area contributed by atoms with Crippen LogP contribution in [0.1, 0.15) is 10.4 Å². The number of hydrogen-bond acceptors (Lipinski definition) is 6. The predicted octanol–water partition coefficient (Wildman–Crippen LogP) is 2.01. The monoisotopic (exact) mass is 388 g/mol. The summed E-state index contributed by atoms with van der Waals surface area (Å²) in [5, 5.41) is 0.468. The maximum atomic E-state index is 12.4. The summed E-state index contributed by atoms with van der Waals surface area (Å²) < 4.78 is 27.7. The fraction of sp³-hybridized carbons (Fsp3) is 0.562. The van der Waals surface area contributed by atoms with E-state index in [1.165, 1.54) is 14.2 Å². The summed E-state index contributed by atoms with van der Waals surface area (Å²) in [5.74, 6) is -0.432. The van der Waals surface area contributed by atoms with Gasteiger partial charge in [0.05, 0.1) is 5.56 Å². The van der Waals surface area contributed by atoms with Gasteiger partial charge in [-0.15, -0.1) is 0 Å². The Morgan fingerprint density at radius 3 is 2.22 bits per heavy atom. The van der Waals surface area contributed by atoms with Crippen molar-refractivity contribution >= 4 is 21.9 Å². The Bertz CT molecular complexity index is 497. The largest absolute Gasteiger partial charge is 0.453 e. The molecule has 1 fully saturated rings. The van der Waals surface area contributed by atoms with E-state index in [0.29, 0.717) is 10.9 Å². The molecule has 2 rings (SSSR count). The zero-order chi connectivity index (χ0) is 16.8. The molecule has 128 valence electrons. The van der Waals surface area contributed by atoms with Crippen molar-refractivity contribution in [3.63, 3.8) is 0 Å². The lowest BCUT2D eigenvalue weighted by Crippen LogP contribution is -2.61. The summed E-state index contributed by atoms with van der Waals surface area (Å²) in [6.07, 6.45) is -2.64. The Hall–Kier alpha value is -0.990. The van der Waals surface area contributed by atoms with Gasteiger partial charge in [-0.3, -0.25) is 0 Å². The minimum absolute atomic E-state index is 0.413. The molecular weight excluding hydrogens is 368 g/mol. The van der Waals surface area contributed by atoms with Gasteiger partial charge in [0.25, 0.3) is 0 Å². The predicted molar refractivity (Wildman–Crippen MR) is 86.7 cm³/mol. The fourth-order valence-electron chi connectivity index (χ4n) is 2.62. The molecule has 5 atom stereocenters. The molecule has 0 spiro atoms. The number of rotatable bonds is 6. The quantitative estimate of drug-likeness (QED) is 0.548. The van der Waals surface area contributed by atoms with E-state index in [2.05, 4.69) is 15.9 Å². The summed E-state index contributed by atoms with van der Waals surface area (Å²) in [4.78, 5) is 12.4. The smallest absolute Gasteiger partial charge is 0.338 e. The van der Waals surface area contributed by atoms with Gasteiger partial charge in [-0.25, -0.2) is 4.79 Å². The normalized spacial score (nSPS) is 30.9. The SMILES string of the molecule is CO[C@H]1O[C@H](CBr)[C@@H](OC(=O)c2ccccc2)[C@@H](OC)[C@@H]1OC. The van der Waals surface area contributed by atoms with E-state index < -0.39 is 36.7 Å². The number of benzene rings is 1. The van der Waals surface area contributed by atoms with Gasteiger partial charge in [-0.2, -0.15) is 0 Å². The van der Waals surface area contributed by atoms with Crippen LogP contribution in [0.25, 0.3) is 0 Å². The number of esters is 1. The van der Waals surface area contributed by atoms with E-state index >= 15 is 0 Å². The molecule has 1 saturated heterocycles. The van der Waals surface area contributed by atoms with Gasteiger partial charge in [0, 0.05) is 26.7 Å². The van der Waals surface area contributed by atoms with E-state index in [9.17, 15) is 4.79 Å². The van der Waals surface area contributed by atoms with Crippen LogP contribution in [0.2, 0.25) is 0 Å². The van der Waals surface area contributed by atoms with Crippen LogP contribution in [0.15, 0.2) is 30.3 Å². The summed E-state index contributed by atoms with van der Waals surface area (Å²) in [5.41, 5.74) is 0.471. The first kappa shape index (κ1) is 18.4. The third kappa shape index (κ3) is 4.10. The minimum atomic E-state index is -0.622. The van der Waals surface area contributed by atoms with Gasteiger partial charge in [0.15, 0.2) is 12.4 Å². The topological polar surface area (TPSA) is 63.2 Å². The summed E-state index contributed by atoms with van der Waals surface area (Å²) in [6.45, 7) is 0. The van der Waals surface area contributed by atoms with E-state index in [1.54, 1.807) is 31.4 Å². The first-order valence-electron chi connectivity index (χ1n) is 7.22. The van der Waals surface area contributed by atoms with Gasteiger partial charge >= 0.3 is 5.97 Å². The van der Waals surface area contributed by atoms with Crippen LogP contribution in [0.3, 0.4) is 0 Å². The third-order valence-electron chi connectivity index (χ3n) is 3.77. The zero-order valence-corrected chi connectivity index (χ0v) is 14.9. The lowest BCUT2D eigenvalue weighted by Gasteiger charge is -2.43. The first-order valence-corrected chi connectivity index (χ1v) is 8.34. The molecule has 6 nitrogen and oxygen atoms in total. The van der Waals surface area contributed by atoms with E-state index in [1.807, 2.05) is 6.07 Å². The van der Waals surface area contributed by atoms with Crippen molar-refractivity contribution in [2.75, 3.05) is 26.7 Å². The molecule has 0 aliphatic carbocycles. The van der Waals surface area contributed by atoms with Crippen molar-refractivity contribution in [3.05, 3.63) is 35.9 Å². The van der Waals surface area contributed by atoms with Gasteiger partial charge in [-0.1, -0.05) is 34.1 Å². The first-order chi connectivity index (χ1) is 11.2. The average Bonchev–Trinajstić information content (AvgIpc) is 2.61. The van der Waals surface area contributed by atoms with Crippen LogP contribution in [0.5, 0.6) is 0 Å². The van der Waals surface area contributed by atoms with E-state index in [4.69, 9.17) is 23.7 Å². The maximum Gasteiger partial charge on any atom is 0.338 e. The molecule has 0 N–H and O–H groups in total. The molecule has 1 heterocycles. The highest BCUT2D eigenvalue weighted by Crippen LogP contribution is 2.29. The van der Waals surface area contributed by atoms with Crippen molar-refractivity contribution in [1.29, 1.82) is 0 Å². The Labute approximate surface area is 144 Å². The molecule has 7 heteroatoms. The molecule has 0 unspecified atom stereocenters. The Kier molecular flexibility index (Phi) is 6.98. The third-order valence-corrected chi connectivity index (χ3v) is 4.41. The Morgan fingerprint density at radius 2 is 1.70 bits per heavy atom. The summed E-state index contributed by atoms with van der Waals surface area (Å²) in [6, 6.07) is 8.79. The van der Waals surface area contributed by atoms with Crippen LogP contribution in [-0.2, 0) is 23.7 Å². The second-order valence-corrected chi connectivity index (χ2v) is 5.72. The molecule has 0 aromatic heterocycles. The molecule has 1 aromatic rings. The number of methoxy groups -OCH3 is 3. The number of hydrogen-bond donors (Lipinski definition) is 0. The number of alkyl halides is 1. The molecule has 1 aliphatic rings. The number of halogens is 1. The number of carbonyl (C=O) groups excluding carboxylic acids is 1. The molecule has 0 radical (unpaired) electrons. The average molecular weight is 389 g/mol. The van der Waals surface area contributed by atoms with Crippen LogP contribution in [-0.4, -0.2) is 63.3 Å². The van der Waals surface area contributed by atoms with Crippen LogP contribution in [0.4, 0.5) is 0 Å². The molecule has 1 aromatic carbocycles. The van der Waals surface area contributed by atoms with Crippen molar-refractivity contribution < 1.29 is 28.5 Å². The van der Waals surface area contributed by atoms with Gasteiger partial charge in [0.2, 0.25) is 0 Å². The number of ether oxygens (including phenoxy) is 5.